The van der Waals surface area contributed by atoms with Crippen LogP contribution in [0.5, 0.6) is 11.5 Å². The highest BCUT2D eigenvalue weighted by atomic mass is 16.5. The number of rotatable bonds is 5. The van der Waals surface area contributed by atoms with E-state index in [1.165, 1.54) is 11.1 Å². The molecule has 1 aliphatic rings. The summed E-state index contributed by atoms with van der Waals surface area (Å²) in [5.41, 5.74) is 3.37. The van der Waals surface area contributed by atoms with E-state index < -0.39 is 0 Å². The fraction of sp³-hybridized carbons (Fsp3) is 0.500. The number of aryl methyl sites for hydroxylation is 2. The monoisotopic (exact) mass is 316 g/mol. The first kappa shape index (κ1) is 15.9. The number of hydrogen-bond donors (Lipinski definition) is 1. The van der Waals surface area contributed by atoms with E-state index in [4.69, 9.17) is 14.0 Å². The average molecular weight is 316 g/mol. The maximum absolute atomic E-state index is 5.85. The lowest BCUT2D eigenvalue weighted by atomic mass is 10.0. The van der Waals surface area contributed by atoms with Crippen LogP contribution in [-0.4, -0.2) is 25.4 Å². The van der Waals surface area contributed by atoms with Gasteiger partial charge >= 0.3 is 0 Å². The van der Waals surface area contributed by atoms with Crippen LogP contribution in [0.3, 0.4) is 0 Å². The van der Waals surface area contributed by atoms with E-state index >= 15 is 0 Å². The van der Waals surface area contributed by atoms with Gasteiger partial charge in [0.25, 0.3) is 0 Å². The van der Waals surface area contributed by atoms with Crippen LogP contribution in [0.4, 0.5) is 0 Å². The molecule has 0 aliphatic carbocycles. The van der Waals surface area contributed by atoms with Crippen LogP contribution in [0.1, 0.15) is 41.5 Å². The Bertz CT molecular complexity index is 647. The Balaban J connectivity index is 1.70. The highest BCUT2D eigenvalue weighted by Crippen LogP contribution is 2.34. The Kier molecular flexibility index (Phi) is 4.86. The molecule has 5 nitrogen and oxygen atoms in total. The zero-order chi connectivity index (χ0) is 16.2. The maximum Gasteiger partial charge on any atom is 0.137 e. The van der Waals surface area contributed by atoms with Gasteiger partial charge in [0.05, 0.1) is 19.4 Å². The summed E-state index contributed by atoms with van der Waals surface area (Å²) in [6.07, 6.45) is 3.01. The van der Waals surface area contributed by atoms with Gasteiger partial charge in [0.2, 0.25) is 0 Å². The summed E-state index contributed by atoms with van der Waals surface area (Å²) in [5, 5.41) is 7.67. The molecule has 0 radical (unpaired) electrons. The summed E-state index contributed by atoms with van der Waals surface area (Å²) >= 11 is 0. The number of methoxy groups -OCH3 is 1. The Morgan fingerprint density at radius 1 is 1.35 bits per heavy atom. The molecule has 1 aliphatic heterocycles. The summed E-state index contributed by atoms with van der Waals surface area (Å²) < 4.78 is 16.4. The van der Waals surface area contributed by atoms with Crippen LogP contribution in [0, 0.1) is 13.8 Å². The topological polar surface area (TPSA) is 56.5 Å². The van der Waals surface area contributed by atoms with Gasteiger partial charge in [0.15, 0.2) is 0 Å². The normalized spacial score (nSPS) is 17.3. The van der Waals surface area contributed by atoms with Crippen LogP contribution in [0.25, 0.3) is 0 Å². The first-order chi connectivity index (χ1) is 11.2. The van der Waals surface area contributed by atoms with Crippen molar-refractivity contribution in [3.63, 3.8) is 0 Å². The van der Waals surface area contributed by atoms with Crippen molar-refractivity contribution in [1.29, 1.82) is 0 Å². The molecule has 1 atom stereocenters. The number of nitrogens with one attached hydrogen (secondary N) is 1. The van der Waals surface area contributed by atoms with Crippen molar-refractivity contribution in [1.82, 2.24) is 10.5 Å². The van der Waals surface area contributed by atoms with Crippen molar-refractivity contribution < 1.29 is 14.0 Å². The first-order valence-electron chi connectivity index (χ1n) is 8.15. The second-order valence-electron chi connectivity index (χ2n) is 5.95. The van der Waals surface area contributed by atoms with Gasteiger partial charge in [-0.15, -0.1) is 0 Å². The number of hydrogen-bond acceptors (Lipinski definition) is 5. The first-order valence-corrected chi connectivity index (χ1v) is 8.15. The van der Waals surface area contributed by atoms with Crippen LogP contribution in [0.15, 0.2) is 22.7 Å². The summed E-state index contributed by atoms with van der Waals surface area (Å²) in [5.74, 6) is 2.74. The zero-order valence-corrected chi connectivity index (χ0v) is 14.0. The van der Waals surface area contributed by atoms with E-state index in [1.807, 2.05) is 26.0 Å². The maximum atomic E-state index is 5.85. The standard InChI is InChI=1S/C18H24N2O3/c1-12-15(13(2)23-20-12)8-9-19-17-5-4-10-22-18-7-6-14(21-3)11-16(17)18/h6-7,11,17,19H,4-5,8-10H2,1-3H3/t17-/m0/s1. The lowest BCUT2D eigenvalue weighted by molar-refractivity contribution is 0.314. The minimum atomic E-state index is 0.281. The molecular weight excluding hydrogens is 292 g/mol. The van der Waals surface area contributed by atoms with Crippen LogP contribution in [0.2, 0.25) is 0 Å². The summed E-state index contributed by atoms with van der Waals surface area (Å²) in [7, 11) is 1.69. The van der Waals surface area contributed by atoms with Crippen molar-refractivity contribution >= 4 is 0 Å². The van der Waals surface area contributed by atoms with Gasteiger partial charge in [0.1, 0.15) is 17.3 Å². The molecule has 0 saturated heterocycles. The molecule has 0 saturated carbocycles. The second kappa shape index (κ2) is 7.04. The highest BCUT2D eigenvalue weighted by molar-refractivity contribution is 5.42. The van der Waals surface area contributed by atoms with Gasteiger partial charge in [-0.3, -0.25) is 0 Å². The van der Waals surface area contributed by atoms with E-state index in [9.17, 15) is 0 Å². The molecule has 2 aromatic rings. The van der Waals surface area contributed by atoms with E-state index in [0.717, 1.165) is 55.4 Å². The molecule has 23 heavy (non-hydrogen) atoms. The predicted molar refractivity (Wildman–Crippen MR) is 88.1 cm³/mol. The molecule has 0 fully saturated rings. The molecule has 2 heterocycles. The lowest BCUT2D eigenvalue weighted by Crippen LogP contribution is -2.23. The third-order valence-electron chi connectivity index (χ3n) is 4.43. The summed E-state index contributed by atoms with van der Waals surface area (Å²) in [6, 6.07) is 6.31. The molecule has 3 rings (SSSR count). The van der Waals surface area contributed by atoms with Gasteiger partial charge in [0, 0.05) is 17.2 Å². The highest BCUT2D eigenvalue weighted by Gasteiger charge is 2.20. The Hall–Kier alpha value is -2.01. The van der Waals surface area contributed by atoms with Crippen molar-refractivity contribution in [3.8, 4) is 11.5 Å². The molecular formula is C18H24N2O3. The van der Waals surface area contributed by atoms with Crippen molar-refractivity contribution in [2.24, 2.45) is 0 Å². The minimum Gasteiger partial charge on any atom is -0.497 e. The average Bonchev–Trinajstić information content (AvgIpc) is 2.77. The second-order valence-corrected chi connectivity index (χ2v) is 5.95. The zero-order valence-electron chi connectivity index (χ0n) is 14.0. The van der Waals surface area contributed by atoms with Crippen molar-refractivity contribution in [2.75, 3.05) is 20.3 Å². The van der Waals surface area contributed by atoms with Crippen LogP contribution < -0.4 is 14.8 Å². The molecule has 1 aromatic carbocycles. The number of benzene rings is 1. The smallest absolute Gasteiger partial charge is 0.137 e. The van der Waals surface area contributed by atoms with E-state index in [2.05, 4.69) is 16.5 Å². The van der Waals surface area contributed by atoms with Crippen molar-refractivity contribution in [2.45, 2.75) is 39.2 Å². The minimum absolute atomic E-state index is 0.281. The van der Waals surface area contributed by atoms with Gasteiger partial charge in [-0.2, -0.15) is 0 Å². The Morgan fingerprint density at radius 3 is 2.96 bits per heavy atom. The fourth-order valence-electron chi connectivity index (χ4n) is 3.12. The van der Waals surface area contributed by atoms with Crippen LogP contribution >= 0.6 is 0 Å². The molecule has 5 heteroatoms. The molecule has 0 spiro atoms. The van der Waals surface area contributed by atoms with Gasteiger partial charge < -0.3 is 19.3 Å². The van der Waals surface area contributed by atoms with E-state index in [0.29, 0.717) is 0 Å². The van der Waals surface area contributed by atoms with Gasteiger partial charge in [-0.25, -0.2) is 0 Å². The number of aromatic nitrogens is 1. The van der Waals surface area contributed by atoms with E-state index in [-0.39, 0.29) is 6.04 Å². The molecule has 0 amide bonds. The molecule has 0 unspecified atom stereocenters. The molecule has 1 aromatic heterocycles. The summed E-state index contributed by atoms with van der Waals surface area (Å²) in [6.45, 7) is 5.60. The third kappa shape index (κ3) is 3.50. The third-order valence-corrected chi connectivity index (χ3v) is 4.43. The Morgan fingerprint density at radius 2 is 2.22 bits per heavy atom. The number of nitrogens with zero attached hydrogens (tertiary/aromatic N) is 1. The van der Waals surface area contributed by atoms with Crippen LogP contribution in [-0.2, 0) is 6.42 Å². The predicted octanol–water partition coefficient (Wildman–Crippen LogP) is 3.35. The lowest BCUT2D eigenvalue weighted by Gasteiger charge is -2.19. The van der Waals surface area contributed by atoms with E-state index in [1.54, 1.807) is 7.11 Å². The van der Waals surface area contributed by atoms with Gasteiger partial charge in [-0.05, 0) is 57.9 Å². The molecule has 124 valence electrons. The largest absolute Gasteiger partial charge is 0.497 e. The fourth-order valence-corrected chi connectivity index (χ4v) is 3.12. The van der Waals surface area contributed by atoms with Crippen molar-refractivity contribution in [3.05, 3.63) is 40.8 Å². The number of fused-ring (bicyclic) bond motifs is 1. The van der Waals surface area contributed by atoms with Gasteiger partial charge in [-0.1, -0.05) is 5.16 Å². The summed E-state index contributed by atoms with van der Waals surface area (Å²) in [4.78, 5) is 0. The Labute approximate surface area is 137 Å². The quantitative estimate of drug-likeness (QED) is 0.917. The SMILES string of the molecule is COc1ccc2c(c1)[C@@H](NCCc1c(C)noc1C)CCCO2. The molecule has 1 N–H and O–H groups in total. The number of ether oxygens (including phenoxy) is 2. The molecule has 0 bridgehead atoms.